The molecule has 0 aromatic carbocycles. The minimum absolute atomic E-state index is 0.0509. The number of alkyl halides is 3. The summed E-state index contributed by atoms with van der Waals surface area (Å²) in [6.45, 7) is 2.01. The van der Waals surface area contributed by atoms with Crippen LogP contribution < -0.4 is 11.1 Å². The predicted molar refractivity (Wildman–Crippen MR) is 60.9 cm³/mol. The SMILES string of the molecule is CCCC(O)CNc1cc(C(F)(F)F)nc(N)n1. The summed E-state index contributed by atoms with van der Waals surface area (Å²) >= 11 is 0. The first-order valence-corrected chi connectivity index (χ1v) is 5.46. The van der Waals surface area contributed by atoms with Crippen molar-refractivity contribution in [3.63, 3.8) is 0 Å². The maximum absolute atomic E-state index is 12.4. The highest BCUT2D eigenvalue weighted by molar-refractivity contribution is 5.41. The van der Waals surface area contributed by atoms with E-state index >= 15 is 0 Å². The topological polar surface area (TPSA) is 84.1 Å². The summed E-state index contributed by atoms with van der Waals surface area (Å²) < 4.78 is 37.3. The van der Waals surface area contributed by atoms with Gasteiger partial charge in [-0.15, -0.1) is 0 Å². The Morgan fingerprint density at radius 2 is 2.11 bits per heavy atom. The highest BCUT2D eigenvalue weighted by Gasteiger charge is 2.33. The third kappa shape index (κ3) is 4.36. The molecule has 0 bridgehead atoms. The van der Waals surface area contributed by atoms with Gasteiger partial charge in [-0.2, -0.15) is 18.2 Å². The van der Waals surface area contributed by atoms with Gasteiger partial charge in [0.15, 0.2) is 5.69 Å². The summed E-state index contributed by atoms with van der Waals surface area (Å²) in [6, 6.07) is 0.759. The van der Waals surface area contributed by atoms with Crippen LogP contribution in [0.2, 0.25) is 0 Å². The van der Waals surface area contributed by atoms with Gasteiger partial charge in [0.05, 0.1) is 6.10 Å². The summed E-state index contributed by atoms with van der Waals surface area (Å²) in [4.78, 5) is 6.73. The van der Waals surface area contributed by atoms with Crippen LogP contribution in [0.4, 0.5) is 24.9 Å². The Bertz CT molecular complexity index is 397. The van der Waals surface area contributed by atoms with Crippen molar-refractivity contribution in [2.24, 2.45) is 0 Å². The molecule has 1 unspecified atom stereocenters. The second kappa shape index (κ2) is 5.85. The molecule has 1 aromatic rings. The van der Waals surface area contributed by atoms with Crippen LogP contribution in [-0.2, 0) is 6.18 Å². The third-order valence-corrected chi connectivity index (χ3v) is 2.17. The lowest BCUT2D eigenvalue weighted by Gasteiger charge is -2.13. The number of anilines is 2. The minimum Gasteiger partial charge on any atom is -0.391 e. The standard InChI is InChI=1S/C10H15F3N4O/c1-2-3-6(18)5-15-8-4-7(10(11,12)13)16-9(14)17-8/h4,6,18H,2-3,5H2,1H3,(H3,14,15,16,17). The smallest absolute Gasteiger partial charge is 0.391 e. The Morgan fingerprint density at radius 3 is 2.67 bits per heavy atom. The molecule has 0 saturated heterocycles. The van der Waals surface area contributed by atoms with E-state index in [0.29, 0.717) is 6.42 Å². The highest BCUT2D eigenvalue weighted by Crippen LogP contribution is 2.29. The number of nitrogens with two attached hydrogens (primary N) is 1. The Balaban J connectivity index is 2.75. The second-order valence-corrected chi connectivity index (χ2v) is 3.82. The molecule has 1 aromatic heterocycles. The number of hydrogen-bond donors (Lipinski definition) is 3. The first-order chi connectivity index (χ1) is 8.32. The fourth-order valence-electron chi connectivity index (χ4n) is 1.36. The van der Waals surface area contributed by atoms with Crippen LogP contribution in [-0.4, -0.2) is 27.7 Å². The molecule has 1 rings (SSSR count). The fraction of sp³-hybridized carbons (Fsp3) is 0.600. The van der Waals surface area contributed by atoms with Crippen LogP contribution in [0.25, 0.3) is 0 Å². The summed E-state index contributed by atoms with van der Waals surface area (Å²) in [5.41, 5.74) is 4.09. The van der Waals surface area contributed by atoms with Crippen LogP contribution >= 0.6 is 0 Å². The van der Waals surface area contributed by atoms with E-state index in [-0.39, 0.29) is 12.4 Å². The van der Waals surface area contributed by atoms with Crippen molar-refractivity contribution in [2.75, 3.05) is 17.6 Å². The molecular weight excluding hydrogens is 249 g/mol. The van der Waals surface area contributed by atoms with Gasteiger partial charge in [-0.1, -0.05) is 13.3 Å². The Hall–Kier alpha value is -1.57. The lowest BCUT2D eigenvalue weighted by molar-refractivity contribution is -0.141. The predicted octanol–water partition coefficient (Wildman–Crippen LogP) is 1.65. The molecule has 0 amide bonds. The van der Waals surface area contributed by atoms with E-state index < -0.39 is 23.9 Å². The number of nitrogen functional groups attached to an aromatic ring is 1. The average molecular weight is 264 g/mol. The zero-order valence-electron chi connectivity index (χ0n) is 9.83. The lowest BCUT2D eigenvalue weighted by Crippen LogP contribution is -2.20. The van der Waals surface area contributed by atoms with Crippen molar-refractivity contribution < 1.29 is 18.3 Å². The molecular formula is C10H15F3N4O. The Labute approximate surface area is 102 Å². The molecule has 1 atom stereocenters. The summed E-state index contributed by atoms with van der Waals surface area (Å²) in [5.74, 6) is -0.512. The van der Waals surface area contributed by atoms with Crippen molar-refractivity contribution in [3.05, 3.63) is 11.8 Å². The number of halogens is 3. The number of aromatic nitrogens is 2. The molecule has 8 heteroatoms. The monoisotopic (exact) mass is 264 g/mol. The summed E-state index contributed by atoms with van der Waals surface area (Å²) in [6.07, 6.45) is -3.88. The highest BCUT2D eigenvalue weighted by atomic mass is 19.4. The molecule has 5 nitrogen and oxygen atoms in total. The van der Waals surface area contributed by atoms with Gasteiger partial charge >= 0.3 is 6.18 Å². The molecule has 4 N–H and O–H groups in total. The number of hydrogen-bond acceptors (Lipinski definition) is 5. The average Bonchev–Trinajstić information content (AvgIpc) is 2.25. The summed E-state index contributed by atoms with van der Waals surface area (Å²) in [7, 11) is 0. The minimum atomic E-state index is -4.57. The number of nitrogens with zero attached hydrogens (tertiary/aromatic N) is 2. The molecule has 0 saturated carbocycles. The molecule has 102 valence electrons. The van der Waals surface area contributed by atoms with Crippen molar-refractivity contribution in [2.45, 2.75) is 32.0 Å². The van der Waals surface area contributed by atoms with Crippen LogP contribution in [0.3, 0.4) is 0 Å². The van der Waals surface area contributed by atoms with Crippen molar-refractivity contribution in [3.8, 4) is 0 Å². The van der Waals surface area contributed by atoms with Crippen molar-refractivity contribution in [1.82, 2.24) is 9.97 Å². The van der Waals surface area contributed by atoms with Gasteiger partial charge in [-0.3, -0.25) is 0 Å². The summed E-state index contributed by atoms with van der Waals surface area (Å²) in [5, 5.41) is 12.1. The molecule has 0 fully saturated rings. The number of aliphatic hydroxyl groups is 1. The molecule has 0 radical (unpaired) electrons. The number of rotatable bonds is 5. The maximum Gasteiger partial charge on any atom is 0.433 e. The van der Waals surface area contributed by atoms with Crippen molar-refractivity contribution in [1.29, 1.82) is 0 Å². The number of nitrogens with one attached hydrogen (secondary N) is 1. The lowest BCUT2D eigenvalue weighted by atomic mass is 10.2. The van der Waals surface area contributed by atoms with Crippen molar-refractivity contribution >= 4 is 11.8 Å². The van der Waals surface area contributed by atoms with Crippen LogP contribution in [0, 0.1) is 0 Å². The number of aliphatic hydroxyl groups excluding tert-OH is 1. The van der Waals surface area contributed by atoms with Crippen LogP contribution in [0.5, 0.6) is 0 Å². The molecule has 0 aliphatic carbocycles. The Kier molecular flexibility index (Phi) is 4.71. The molecule has 18 heavy (non-hydrogen) atoms. The zero-order chi connectivity index (χ0) is 13.8. The van der Waals surface area contributed by atoms with Gasteiger partial charge in [0, 0.05) is 12.6 Å². The fourth-order valence-corrected chi connectivity index (χ4v) is 1.36. The molecule has 0 aliphatic heterocycles. The van der Waals surface area contributed by atoms with Gasteiger partial charge in [0.2, 0.25) is 5.95 Å². The van der Waals surface area contributed by atoms with Gasteiger partial charge < -0.3 is 16.2 Å². The van der Waals surface area contributed by atoms with Gasteiger partial charge in [-0.25, -0.2) is 4.98 Å². The van der Waals surface area contributed by atoms with E-state index in [4.69, 9.17) is 5.73 Å². The molecule has 1 heterocycles. The second-order valence-electron chi connectivity index (χ2n) is 3.82. The first kappa shape index (κ1) is 14.5. The third-order valence-electron chi connectivity index (χ3n) is 2.17. The van der Waals surface area contributed by atoms with Gasteiger partial charge in [0.25, 0.3) is 0 Å². The molecule has 0 aliphatic rings. The zero-order valence-corrected chi connectivity index (χ0v) is 9.83. The van der Waals surface area contributed by atoms with E-state index in [9.17, 15) is 18.3 Å². The van der Waals surface area contributed by atoms with E-state index in [1.54, 1.807) is 0 Å². The normalized spacial score (nSPS) is 13.4. The molecule has 0 spiro atoms. The van der Waals surface area contributed by atoms with Gasteiger partial charge in [-0.05, 0) is 6.42 Å². The Morgan fingerprint density at radius 1 is 1.44 bits per heavy atom. The quantitative estimate of drug-likeness (QED) is 0.753. The van der Waals surface area contributed by atoms with E-state index in [0.717, 1.165) is 12.5 Å². The maximum atomic E-state index is 12.4. The van der Waals surface area contributed by atoms with Crippen LogP contribution in [0.1, 0.15) is 25.5 Å². The van der Waals surface area contributed by atoms with Crippen LogP contribution in [0.15, 0.2) is 6.07 Å². The van der Waals surface area contributed by atoms with E-state index in [1.807, 2.05) is 6.92 Å². The first-order valence-electron chi connectivity index (χ1n) is 5.46. The van der Waals surface area contributed by atoms with Gasteiger partial charge in [0.1, 0.15) is 5.82 Å². The van der Waals surface area contributed by atoms with E-state index in [2.05, 4.69) is 15.3 Å². The largest absolute Gasteiger partial charge is 0.433 e. The van der Waals surface area contributed by atoms with E-state index in [1.165, 1.54) is 0 Å².